The number of hydrogen-bond donors (Lipinski definition) is 2. The Balaban J connectivity index is 1.67. The summed E-state index contributed by atoms with van der Waals surface area (Å²) in [6.45, 7) is 4.22. The number of aromatic nitrogens is 2. The number of amides is 2. The van der Waals surface area contributed by atoms with Crippen molar-refractivity contribution in [2.45, 2.75) is 83.9 Å². The Labute approximate surface area is 265 Å². The van der Waals surface area contributed by atoms with Gasteiger partial charge >= 0.3 is 5.97 Å². The molecule has 10 nitrogen and oxygen atoms in total. The number of ether oxygens (including phenoxy) is 3. The molecule has 2 amide bonds. The standard InChI is InChI=1S/C35H46N4O6/c1-24(2)19-26(20-32(40)36-22-33(41)44-4)37-35(42)28-21-29(39(38-28)27-15-10-5-6-11-16-27)34-30(43-3)17-12-18-31(34)45-23-25-13-8-7-9-14-25/h7-9,12-14,17-18,21,24,26-27H,5-6,10-11,15-16,19-20,22-23H2,1-4H3,(H,36,40)(H,37,42)/t26-/m0/s1. The van der Waals surface area contributed by atoms with Gasteiger partial charge in [-0.1, -0.05) is 75.9 Å². The Hall–Kier alpha value is -4.34. The molecule has 3 aromatic rings. The number of methoxy groups -OCH3 is 2. The van der Waals surface area contributed by atoms with E-state index >= 15 is 0 Å². The maximum atomic E-state index is 13.8. The first-order valence-corrected chi connectivity index (χ1v) is 15.9. The Morgan fingerprint density at radius 1 is 0.956 bits per heavy atom. The van der Waals surface area contributed by atoms with Crippen molar-refractivity contribution >= 4 is 17.8 Å². The smallest absolute Gasteiger partial charge is 0.325 e. The number of hydrogen-bond acceptors (Lipinski definition) is 7. The quantitative estimate of drug-likeness (QED) is 0.172. The van der Waals surface area contributed by atoms with Gasteiger partial charge in [0.05, 0.1) is 31.5 Å². The summed E-state index contributed by atoms with van der Waals surface area (Å²) in [5, 5.41) is 10.5. The molecule has 0 radical (unpaired) electrons. The zero-order valence-corrected chi connectivity index (χ0v) is 26.8. The molecule has 0 saturated heterocycles. The van der Waals surface area contributed by atoms with E-state index in [4.69, 9.17) is 14.6 Å². The molecular formula is C35H46N4O6. The monoisotopic (exact) mass is 618 g/mol. The molecule has 1 aromatic heterocycles. The zero-order chi connectivity index (χ0) is 32.2. The van der Waals surface area contributed by atoms with E-state index in [9.17, 15) is 14.4 Å². The molecular weight excluding hydrogens is 572 g/mol. The van der Waals surface area contributed by atoms with Gasteiger partial charge in [-0.15, -0.1) is 0 Å². The average molecular weight is 619 g/mol. The van der Waals surface area contributed by atoms with Crippen LogP contribution in [0.25, 0.3) is 11.3 Å². The molecule has 45 heavy (non-hydrogen) atoms. The lowest BCUT2D eigenvalue weighted by atomic mass is 10.0. The third-order valence-electron chi connectivity index (χ3n) is 8.02. The first kappa shape index (κ1) is 33.6. The Morgan fingerprint density at radius 2 is 1.67 bits per heavy atom. The maximum absolute atomic E-state index is 13.8. The molecule has 0 spiro atoms. The van der Waals surface area contributed by atoms with E-state index in [2.05, 4.69) is 15.4 Å². The minimum atomic E-state index is -0.534. The molecule has 0 bridgehead atoms. The highest BCUT2D eigenvalue weighted by Gasteiger charge is 2.28. The number of rotatable bonds is 14. The largest absolute Gasteiger partial charge is 0.496 e. The zero-order valence-electron chi connectivity index (χ0n) is 26.8. The van der Waals surface area contributed by atoms with Crippen molar-refractivity contribution in [1.82, 2.24) is 20.4 Å². The summed E-state index contributed by atoms with van der Waals surface area (Å²) in [6.07, 6.45) is 7.06. The highest BCUT2D eigenvalue weighted by molar-refractivity contribution is 5.94. The van der Waals surface area contributed by atoms with Crippen molar-refractivity contribution in [2.24, 2.45) is 5.92 Å². The van der Waals surface area contributed by atoms with E-state index in [1.807, 2.05) is 67.1 Å². The predicted molar refractivity (Wildman–Crippen MR) is 172 cm³/mol. The molecule has 242 valence electrons. The second-order valence-electron chi connectivity index (χ2n) is 12.0. The number of carbonyl (C=O) groups is 3. The molecule has 2 aromatic carbocycles. The fourth-order valence-corrected chi connectivity index (χ4v) is 5.82. The SMILES string of the molecule is COC(=O)CNC(=O)C[C@H](CC(C)C)NC(=O)c1cc(-c2c(OC)cccc2OCc2ccccc2)n(C2CCCCCC2)n1. The first-order chi connectivity index (χ1) is 21.8. The van der Waals surface area contributed by atoms with E-state index in [-0.39, 0.29) is 42.4 Å². The highest BCUT2D eigenvalue weighted by Crippen LogP contribution is 2.41. The van der Waals surface area contributed by atoms with Gasteiger partial charge in [0, 0.05) is 12.5 Å². The van der Waals surface area contributed by atoms with E-state index in [1.54, 1.807) is 13.2 Å². The number of nitrogens with one attached hydrogen (secondary N) is 2. The fraction of sp³-hybridized carbons (Fsp3) is 0.486. The fourth-order valence-electron chi connectivity index (χ4n) is 5.82. The highest BCUT2D eigenvalue weighted by atomic mass is 16.5. The average Bonchev–Trinajstić information content (AvgIpc) is 3.29. The van der Waals surface area contributed by atoms with Gasteiger partial charge in [0.15, 0.2) is 5.69 Å². The van der Waals surface area contributed by atoms with Crippen LogP contribution in [0.3, 0.4) is 0 Å². The molecule has 1 atom stereocenters. The lowest BCUT2D eigenvalue weighted by Crippen LogP contribution is -2.41. The summed E-state index contributed by atoms with van der Waals surface area (Å²) in [5.74, 6) is 0.248. The summed E-state index contributed by atoms with van der Waals surface area (Å²) in [5.41, 5.74) is 2.80. The van der Waals surface area contributed by atoms with E-state index in [1.165, 1.54) is 20.0 Å². The number of carbonyl (C=O) groups excluding carboxylic acids is 3. The summed E-state index contributed by atoms with van der Waals surface area (Å²) >= 11 is 0. The van der Waals surface area contributed by atoms with Gasteiger partial charge in [-0.3, -0.25) is 19.1 Å². The van der Waals surface area contributed by atoms with Crippen LogP contribution in [0.5, 0.6) is 11.5 Å². The lowest BCUT2D eigenvalue weighted by molar-refractivity contribution is -0.141. The Morgan fingerprint density at radius 3 is 2.33 bits per heavy atom. The van der Waals surface area contributed by atoms with Crippen molar-refractivity contribution in [3.8, 4) is 22.8 Å². The van der Waals surface area contributed by atoms with Gasteiger partial charge in [-0.2, -0.15) is 5.10 Å². The van der Waals surface area contributed by atoms with Gasteiger partial charge in [0.1, 0.15) is 24.7 Å². The van der Waals surface area contributed by atoms with Crippen LogP contribution < -0.4 is 20.1 Å². The van der Waals surface area contributed by atoms with Crippen molar-refractivity contribution < 1.29 is 28.6 Å². The van der Waals surface area contributed by atoms with E-state index in [0.717, 1.165) is 42.5 Å². The Kier molecular flexibility index (Phi) is 12.4. The number of nitrogens with zero attached hydrogens (tertiary/aromatic N) is 2. The molecule has 1 aliphatic carbocycles. The van der Waals surface area contributed by atoms with Crippen molar-refractivity contribution in [2.75, 3.05) is 20.8 Å². The van der Waals surface area contributed by atoms with Crippen LogP contribution in [0.1, 0.15) is 87.3 Å². The van der Waals surface area contributed by atoms with Crippen LogP contribution in [0.4, 0.5) is 0 Å². The van der Waals surface area contributed by atoms with Crippen molar-refractivity contribution in [3.05, 3.63) is 65.9 Å². The summed E-state index contributed by atoms with van der Waals surface area (Å²) in [7, 11) is 2.89. The molecule has 0 aliphatic heterocycles. The van der Waals surface area contributed by atoms with Gasteiger partial charge in [-0.05, 0) is 48.9 Å². The minimum absolute atomic E-state index is 0.0289. The molecule has 4 rings (SSSR count). The third kappa shape index (κ3) is 9.57. The molecule has 0 unspecified atom stereocenters. The summed E-state index contributed by atoms with van der Waals surface area (Å²) in [6, 6.07) is 17.1. The van der Waals surface area contributed by atoms with E-state index < -0.39 is 12.0 Å². The van der Waals surface area contributed by atoms with Crippen LogP contribution in [0.2, 0.25) is 0 Å². The van der Waals surface area contributed by atoms with Gasteiger partial charge < -0.3 is 24.8 Å². The third-order valence-corrected chi connectivity index (χ3v) is 8.02. The molecule has 1 heterocycles. The minimum Gasteiger partial charge on any atom is -0.496 e. The van der Waals surface area contributed by atoms with Crippen LogP contribution in [0.15, 0.2) is 54.6 Å². The van der Waals surface area contributed by atoms with Crippen molar-refractivity contribution in [3.63, 3.8) is 0 Å². The second kappa shape index (κ2) is 16.7. The normalized spacial score (nSPS) is 14.3. The number of esters is 1. The molecule has 1 aliphatic rings. The maximum Gasteiger partial charge on any atom is 0.325 e. The predicted octanol–water partition coefficient (Wildman–Crippen LogP) is 5.86. The summed E-state index contributed by atoms with van der Waals surface area (Å²) in [4.78, 5) is 37.9. The topological polar surface area (TPSA) is 121 Å². The van der Waals surface area contributed by atoms with Crippen LogP contribution in [0, 0.1) is 5.92 Å². The van der Waals surface area contributed by atoms with Crippen LogP contribution in [-0.4, -0.2) is 54.4 Å². The lowest BCUT2D eigenvalue weighted by Gasteiger charge is -2.21. The molecule has 1 saturated carbocycles. The van der Waals surface area contributed by atoms with Crippen LogP contribution in [-0.2, 0) is 20.9 Å². The van der Waals surface area contributed by atoms with Gasteiger partial charge in [0.2, 0.25) is 5.91 Å². The molecule has 1 fully saturated rings. The summed E-state index contributed by atoms with van der Waals surface area (Å²) < 4.78 is 18.8. The van der Waals surface area contributed by atoms with Crippen molar-refractivity contribution in [1.29, 1.82) is 0 Å². The first-order valence-electron chi connectivity index (χ1n) is 15.9. The van der Waals surface area contributed by atoms with Crippen LogP contribution >= 0.6 is 0 Å². The Bertz CT molecular complexity index is 1410. The molecule has 2 N–H and O–H groups in total. The number of benzene rings is 2. The molecule has 10 heteroatoms. The van der Waals surface area contributed by atoms with E-state index in [0.29, 0.717) is 24.5 Å². The second-order valence-corrected chi connectivity index (χ2v) is 12.0. The van der Waals surface area contributed by atoms with Gasteiger partial charge in [0.25, 0.3) is 5.91 Å². The van der Waals surface area contributed by atoms with Gasteiger partial charge in [-0.25, -0.2) is 0 Å².